The predicted molar refractivity (Wildman–Crippen MR) is 74.9 cm³/mol. The monoisotopic (exact) mass is 254 g/mol. The Morgan fingerprint density at radius 1 is 1.65 bits per heavy atom. The standard InChI is InChI=1S/C12H22N4S/c1-5-10-7-11(16(4)14-10)8-15(3)9(2)6-12(13)17/h7,9H,5-6,8H2,1-4H3,(H2,13,17). The van der Waals surface area contributed by atoms with Crippen LogP contribution in [0.15, 0.2) is 6.07 Å². The molecule has 0 aromatic carbocycles. The van der Waals surface area contributed by atoms with E-state index in [0.29, 0.717) is 11.0 Å². The Morgan fingerprint density at radius 3 is 2.76 bits per heavy atom. The van der Waals surface area contributed by atoms with Crippen LogP contribution in [-0.4, -0.2) is 32.8 Å². The highest BCUT2D eigenvalue weighted by atomic mass is 32.1. The summed E-state index contributed by atoms with van der Waals surface area (Å²) in [7, 11) is 4.07. The normalized spacial score (nSPS) is 13.0. The summed E-state index contributed by atoms with van der Waals surface area (Å²) in [4.78, 5) is 2.82. The van der Waals surface area contributed by atoms with E-state index in [2.05, 4.69) is 37.0 Å². The van der Waals surface area contributed by atoms with Crippen molar-refractivity contribution in [3.8, 4) is 0 Å². The summed E-state index contributed by atoms with van der Waals surface area (Å²) >= 11 is 4.94. The topological polar surface area (TPSA) is 47.1 Å². The molecule has 0 aliphatic carbocycles. The molecule has 0 saturated heterocycles. The van der Waals surface area contributed by atoms with Crippen LogP contribution >= 0.6 is 12.2 Å². The van der Waals surface area contributed by atoms with Crippen LogP contribution in [0.2, 0.25) is 0 Å². The maximum absolute atomic E-state index is 5.57. The van der Waals surface area contributed by atoms with Crippen molar-refractivity contribution in [1.29, 1.82) is 0 Å². The van der Waals surface area contributed by atoms with Crippen molar-refractivity contribution in [3.63, 3.8) is 0 Å². The fourth-order valence-electron chi connectivity index (χ4n) is 1.75. The molecule has 96 valence electrons. The van der Waals surface area contributed by atoms with E-state index in [-0.39, 0.29) is 0 Å². The minimum absolute atomic E-state index is 0.354. The van der Waals surface area contributed by atoms with Crippen molar-refractivity contribution in [2.75, 3.05) is 7.05 Å². The first-order chi connectivity index (χ1) is 7.93. The van der Waals surface area contributed by atoms with E-state index < -0.39 is 0 Å². The molecule has 1 atom stereocenters. The van der Waals surface area contributed by atoms with Crippen LogP contribution in [0.1, 0.15) is 31.7 Å². The SMILES string of the molecule is CCc1cc(CN(C)C(C)CC(N)=S)n(C)n1. The molecule has 4 nitrogen and oxygen atoms in total. The van der Waals surface area contributed by atoms with E-state index in [4.69, 9.17) is 18.0 Å². The lowest BCUT2D eigenvalue weighted by Gasteiger charge is -2.24. The summed E-state index contributed by atoms with van der Waals surface area (Å²) in [5, 5.41) is 4.44. The maximum atomic E-state index is 5.57. The summed E-state index contributed by atoms with van der Waals surface area (Å²) in [5.41, 5.74) is 7.93. The van der Waals surface area contributed by atoms with E-state index in [1.54, 1.807) is 0 Å². The molecule has 0 bridgehead atoms. The van der Waals surface area contributed by atoms with Crippen LogP contribution in [0.4, 0.5) is 0 Å². The molecule has 1 heterocycles. The fourth-order valence-corrected chi connectivity index (χ4v) is 1.99. The van der Waals surface area contributed by atoms with Gasteiger partial charge in [-0.15, -0.1) is 0 Å². The van der Waals surface area contributed by atoms with E-state index >= 15 is 0 Å². The Labute approximate surface area is 109 Å². The highest BCUT2D eigenvalue weighted by Crippen LogP contribution is 2.10. The zero-order chi connectivity index (χ0) is 13.0. The summed E-state index contributed by atoms with van der Waals surface area (Å²) in [5.74, 6) is 0. The molecule has 1 aromatic heterocycles. The molecular weight excluding hydrogens is 232 g/mol. The van der Waals surface area contributed by atoms with E-state index in [1.165, 1.54) is 5.69 Å². The van der Waals surface area contributed by atoms with Gasteiger partial charge in [-0.3, -0.25) is 9.58 Å². The molecule has 0 fully saturated rings. The van der Waals surface area contributed by atoms with Gasteiger partial charge in [-0.2, -0.15) is 5.10 Å². The van der Waals surface area contributed by atoms with Gasteiger partial charge in [0.15, 0.2) is 0 Å². The molecule has 1 rings (SSSR count). The predicted octanol–water partition coefficient (Wildman–Crippen LogP) is 1.48. The number of aryl methyl sites for hydroxylation is 2. The van der Waals surface area contributed by atoms with Gasteiger partial charge < -0.3 is 5.73 Å². The third-order valence-corrected chi connectivity index (χ3v) is 3.22. The van der Waals surface area contributed by atoms with Crippen LogP contribution < -0.4 is 5.73 Å². The molecular formula is C12H22N4S. The van der Waals surface area contributed by atoms with Crippen molar-refractivity contribution in [2.24, 2.45) is 12.8 Å². The number of nitrogens with zero attached hydrogens (tertiary/aromatic N) is 3. The van der Waals surface area contributed by atoms with Crippen LogP contribution in [-0.2, 0) is 20.0 Å². The summed E-state index contributed by atoms with van der Waals surface area (Å²) in [6.07, 6.45) is 1.73. The summed E-state index contributed by atoms with van der Waals surface area (Å²) < 4.78 is 1.95. The van der Waals surface area contributed by atoms with Crippen LogP contribution in [0.5, 0.6) is 0 Å². The fraction of sp³-hybridized carbons (Fsp3) is 0.667. The highest BCUT2D eigenvalue weighted by molar-refractivity contribution is 7.80. The van der Waals surface area contributed by atoms with E-state index in [9.17, 15) is 0 Å². The molecule has 1 unspecified atom stereocenters. The Hall–Kier alpha value is -0.940. The molecule has 0 aliphatic heterocycles. The highest BCUT2D eigenvalue weighted by Gasteiger charge is 2.13. The maximum Gasteiger partial charge on any atom is 0.0742 e. The van der Waals surface area contributed by atoms with Gasteiger partial charge in [0.25, 0.3) is 0 Å². The second kappa shape index (κ2) is 6.12. The molecule has 5 heteroatoms. The van der Waals surface area contributed by atoms with Gasteiger partial charge in [0.1, 0.15) is 0 Å². The Balaban J connectivity index is 2.63. The molecule has 0 saturated carbocycles. The van der Waals surface area contributed by atoms with Crippen molar-refractivity contribution in [1.82, 2.24) is 14.7 Å². The second-order valence-corrected chi connectivity index (χ2v) is 5.06. The second-order valence-electron chi connectivity index (χ2n) is 4.54. The van der Waals surface area contributed by atoms with Gasteiger partial charge >= 0.3 is 0 Å². The number of aromatic nitrogens is 2. The van der Waals surface area contributed by atoms with Crippen LogP contribution in [0, 0.1) is 0 Å². The van der Waals surface area contributed by atoms with Crippen molar-refractivity contribution < 1.29 is 0 Å². The smallest absolute Gasteiger partial charge is 0.0742 e. The molecule has 0 amide bonds. The molecule has 2 N–H and O–H groups in total. The van der Waals surface area contributed by atoms with E-state index in [0.717, 1.165) is 25.1 Å². The van der Waals surface area contributed by atoms with Gasteiger partial charge in [-0.1, -0.05) is 19.1 Å². The quantitative estimate of drug-likeness (QED) is 0.781. The number of thiocarbonyl (C=S) groups is 1. The lowest BCUT2D eigenvalue weighted by atomic mass is 10.2. The minimum atomic E-state index is 0.354. The van der Waals surface area contributed by atoms with Gasteiger partial charge in [0.05, 0.1) is 16.4 Å². The Bertz CT molecular complexity index is 386. The lowest BCUT2D eigenvalue weighted by Crippen LogP contribution is -2.32. The Kier molecular flexibility index (Phi) is 5.08. The zero-order valence-electron chi connectivity index (χ0n) is 11.1. The number of hydrogen-bond acceptors (Lipinski definition) is 3. The van der Waals surface area contributed by atoms with Gasteiger partial charge in [0.2, 0.25) is 0 Å². The van der Waals surface area contributed by atoms with Crippen molar-refractivity contribution in [2.45, 2.75) is 39.3 Å². The van der Waals surface area contributed by atoms with Crippen LogP contribution in [0.25, 0.3) is 0 Å². The average Bonchev–Trinajstić information content (AvgIpc) is 2.58. The Morgan fingerprint density at radius 2 is 2.29 bits per heavy atom. The molecule has 1 aromatic rings. The minimum Gasteiger partial charge on any atom is -0.393 e. The first-order valence-electron chi connectivity index (χ1n) is 5.94. The van der Waals surface area contributed by atoms with Gasteiger partial charge in [0, 0.05) is 26.1 Å². The summed E-state index contributed by atoms with van der Waals surface area (Å²) in [6.45, 7) is 5.12. The molecule has 0 radical (unpaired) electrons. The van der Waals surface area contributed by atoms with E-state index in [1.807, 2.05) is 11.7 Å². The molecule has 17 heavy (non-hydrogen) atoms. The first-order valence-corrected chi connectivity index (χ1v) is 6.35. The average molecular weight is 254 g/mol. The molecule has 0 spiro atoms. The van der Waals surface area contributed by atoms with Gasteiger partial charge in [-0.05, 0) is 26.5 Å². The number of rotatable bonds is 6. The lowest BCUT2D eigenvalue weighted by molar-refractivity contribution is 0.249. The number of hydrogen-bond donors (Lipinski definition) is 1. The molecule has 0 aliphatic rings. The van der Waals surface area contributed by atoms with Gasteiger partial charge in [-0.25, -0.2) is 0 Å². The summed E-state index contributed by atoms with van der Waals surface area (Å²) in [6, 6.07) is 2.51. The zero-order valence-corrected chi connectivity index (χ0v) is 11.9. The largest absolute Gasteiger partial charge is 0.393 e. The van der Waals surface area contributed by atoms with Crippen molar-refractivity contribution in [3.05, 3.63) is 17.5 Å². The third kappa shape index (κ3) is 4.09. The van der Waals surface area contributed by atoms with Crippen molar-refractivity contribution >= 4 is 17.2 Å². The number of nitrogens with two attached hydrogens (primary N) is 1. The van der Waals surface area contributed by atoms with Crippen LogP contribution in [0.3, 0.4) is 0 Å². The first kappa shape index (κ1) is 14.1. The third-order valence-electron chi connectivity index (χ3n) is 3.05.